The summed E-state index contributed by atoms with van der Waals surface area (Å²) in [5.74, 6) is -8.05. The number of likely N-dealkylation sites (tertiary alicyclic amines) is 2. The van der Waals surface area contributed by atoms with Crippen molar-refractivity contribution in [3.63, 3.8) is 0 Å². The molecule has 2 aromatic rings. The van der Waals surface area contributed by atoms with E-state index in [4.69, 9.17) is 9.47 Å². The number of ether oxygens (including phenoxy) is 2. The number of hydrogen-bond donors (Lipinski definition) is 1. The molecule has 4 atom stereocenters. The Hall–Kier alpha value is -5.08. The van der Waals surface area contributed by atoms with Crippen LogP contribution in [0.15, 0.2) is 61.2 Å². The number of carbonyl (C=O) groups excluding carboxylic acids is 3. The molecule has 2 aromatic carbocycles. The minimum absolute atomic E-state index is 0.0231. The van der Waals surface area contributed by atoms with Gasteiger partial charge < -0.3 is 19.5 Å². The van der Waals surface area contributed by atoms with Gasteiger partial charge in [0.05, 0.1) is 37.4 Å². The molecule has 0 spiro atoms. The van der Waals surface area contributed by atoms with Gasteiger partial charge in [-0.1, -0.05) is 18.2 Å². The van der Waals surface area contributed by atoms with Crippen molar-refractivity contribution < 1.29 is 60.1 Å². The molecule has 0 aromatic heterocycles. The second-order valence-corrected chi connectivity index (χ2v) is 11.1. The Labute approximate surface area is 284 Å². The average molecular weight is 711 g/mol. The quantitative estimate of drug-likeness (QED) is 0.120. The fraction of sp³-hybridized carbons (Fsp3) is 0.371. The first-order valence-electron chi connectivity index (χ1n) is 15.7. The lowest BCUT2D eigenvalue weighted by atomic mass is 10.0. The SMILES string of the molecule is C=CCC(=O)N1[C@@H](/C=C/C(=O)OCC)CC[C@H]1c1c(F)cc(F)cc1F.CCOC(=O)/C=C/[C@H]1CC[C@@H](c2c(F)cc(F)cc2F)N1C(=O)O. The number of carbonyl (C=O) groups is 4. The Kier molecular flexibility index (Phi) is 14.2. The van der Waals surface area contributed by atoms with Gasteiger partial charge in [0.2, 0.25) is 5.91 Å². The van der Waals surface area contributed by atoms with Gasteiger partial charge in [0.25, 0.3) is 0 Å². The van der Waals surface area contributed by atoms with Crippen molar-refractivity contribution in [2.24, 2.45) is 0 Å². The predicted octanol–water partition coefficient (Wildman–Crippen LogP) is 7.24. The van der Waals surface area contributed by atoms with Crippen molar-refractivity contribution in [3.8, 4) is 0 Å². The lowest BCUT2D eigenvalue weighted by Crippen LogP contribution is -2.36. The first-order valence-corrected chi connectivity index (χ1v) is 15.7. The third-order valence-electron chi connectivity index (χ3n) is 7.92. The van der Waals surface area contributed by atoms with E-state index in [1.165, 1.54) is 29.2 Å². The van der Waals surface area contributed by atoms with Crippen LogP contribution in [0.2, 0.25) is 0 Å². The first kappa shape index (κ1) is 39.4. The van der Waals surface area contributed by atoms with Crippen LogP contribution < -0.4 is 0 Å². The number of halogens is 6. The zero-order valence-electron chi connectivity index (χ0n) is 27.2. The van der Waals surface area contributed by atoms with Gasteiger partial charge in [0.15, 0.2) is 0 Å². The maximum atomic E-state index is 14.2. The second-order valence-electron chi connectivity index (χ2n) is 11.1. The summed E-state index contributed by atoms with van der Waals surface area (Å²) >= 11 is 0. The molecule has 0 radical (unpaired) electrons. The molecule has 1 N–H and O–H groups in total. The third-order valence-corrected chi connectivity index (χ3v) is 7.92. The number of carboxylic acid groups (broad SMARTS) is 1. The molecule has 2 heterocycles. The topological polar surface area (TPSA) is 113 Å². The van der Waals surface area contributed by atoms with Crippen LogP contribution in [0.3, 0.4) is 0 Å². The summed E-state index contributed by atoms with van der Waals surface area (Å²) in [6.45, 7) is 7.17. The normalized spacial score (nSPS) is 20.2. The van der Waals surface area contributed by atoms with Crippen LogP contribution in [0.25, 0.3) is 0 Å². The Morgan fingerprint density at radius 2 is 1.10 bits per heavy atom. The van der Waals surface area contributed by atoms with Crippen molar-refractivity contribution in [1.82, 2.24) is 9.80 Å². The van der Waals surface area contributed by atoms with Gasteiger partial charge in [-0.25, -0.2) is 40.7 Å². The molecule has 50 heavy (non-hydrogen) atoms. The van der Waals surface area contributed by atoms with E-state index in [1.54, 1.807) is 13.8 Å². The lowest BCUT2D eigenvalue weighted by Gasteiger charge is -2.29. The van der Waals surface area contributed by atoms with E-state index in [2.05, 4.69) is 6.58 Å². The van der Waals surface area contributed by atoms with Crippen LogP contribution in [0.4, 0.5) is 31.1 Å². The van der Waals surface area contributed by atoms with Gasteiger partial charge >= 0.3 is 18.0 Å². The molecule has 270 valence electrons. The van der Waals surface area contributed by atoms with Gasteiger partial charge in [-0.15, -0.1) is 6.58 Å². The highest BCUT2D eigenvalue weighted by molar-refractivity contribution is 5.83. The molecular weight excluding hydrogens is 674 g/mol. The molecule has 9 nitrogen and oxygen atoms in total. The zero-order valence-corrected chi connectivity index (χ0v) is 27.2. The summed E-state index contributed by atoms with van der Waals surface area (Å²) in [4.78, 5) is 49.0. The van der Waals surface area contributed by atoms with E-state index >= 15 is 0 Å². The zero-order chi connectivity index (χ0) is 37.1. The number of amides is 2. The molecule has 0 unspecified atom stereocenters. The maximum absolute atomic E-state index is 14.2. The van der Waals surface area contributed by atoms with Crippen molar-refractivity contribution in [2.45, 2.75) is 70.1 Å². The predicted molar refractivity (Wildman–Crippen MR) is 167 cm³/mol. The third kappa shape index (κ3) is 9.76. The van der Waals surface area contributed by atoms with Crippen LogP contribution in [-0.2, 0) is 23.9 Å². The van der Waals surface area contributed by atoms with Crippen molar-refractivity contribution in [3.05, 3.63) is 107 Å². The highest BCUT2D eigenvalue weighted by Gasteiger charge is 2.40. The highest BCUT2D eigenvalue weighted by atomic mass is 19.2. The van der Waals surface area contributed by atoms with Crippen LogP contribution in [0.1, 0.15) is 69.2 Å². The Morgan fingerprint density at radius 1 is 0.720 bits per heavy atom. The average Bonchev–Trinajstić information content (AvgIpc) is 3.63. The summed E-state index contributed by atoms with van der Waals surface area (Å²) in [6, 6.07) is -1.03. The lowest BCUT2D eigenvalue weighted by molar-refractivity contribution is -0.138. The van der Waals surface area contributed by atoms with Gasteiger partial charge in [-0.2, -0.15) is 0 Å². The van der Waals surface area contributed by atoms with Crippen LogP contribution in [0.5, 0.6) is 0 Å². The van der Waals surface area contributed by atoms with E-state index in [9.17, 15) is 50.6 Å². The molecular formula is C35H36F6N2O7. The van der Waals surface area contributed by atoms with E-state index < -0.39 is 82.7 Å². The van der Waals surface area contributed by atoms with Crippen molar-refractivity contribution in [2.75, 3.05) is 13.2 Å². The van der Waals surface area contributed by atoms with Gasteiger partial charge in [-0.3, -0.25) is 9.69 Å². The minimum atomic E-state index is -1.39. The fourth-order valence-electron chi connectivity index (χ4n) is 5.99. The van der Waals surface area contributed by atoms with Crippen LogP contribution in [0, 0.1) is 34.9 Å². The Balaban J connectivity index is 0.000000271. The molecule has 2 fully saturated rings. The standard InChI is InChI=1S/C19H20F3NO3.C16H16F3NO4/c1-3-5-17(24)23-13(7-9-18(25)26-4-2)6-8-16(23)19-14(21)10-12(20)11-15(19)22;1-2-24-14(21)6-4-10-3-5-13(20(10)16(22)23)15-11(18)7-9(17)8-12(15)19/h3,7,9-11,13,16H,1,4-6,8H2,2H3;4,6-8,10,13H,2-3,5H2,1H3,(H,22,23)/b9-7+;6-4+/t13-,16+;10-,13+/m11/s1. The molecule has 0 bridgehead atoms. The smallest absolute Gasteiger partial charge is 0.408 e. The van der Waals surface area contributed by atoms with Crippen LogP contribution in [-0.4, -0.2) is 64.1 Å². The molecule has 15 heteroatoms. The van der Waals surface area contributed by atoms with Crippen molar-refractivity contribution in [1.29, 1.82) is 0 Å². The highest BCUT2D eigenvalue weighted by Crippen LogP contribution is 2.41. The molecule has 0 aliphatic carbocycles. The summed E-state index contributed by atoms with van der Waals surface area (Å²) in [5.41, 5.74) is -0.846. The van der Waals surface area contributed by atoms with Gasteiger partial charge in [0, 0.05) is 54.0 Å². The second kappa shape index (κ2) is 18.1. The molecule has 2 aliphatic heterocycles. The summed E-state index contributed by atoms with van der Waals surface area (Å²) in [6.07, 6.45) is 6.16. The Morgan fingerprint density at radius 3 is 1.46 bits per heavy atom. The molecule has 4 rings (SSSR count). The number of hydrogen-bond acceptors (Lipinski definition) is 6. The minimum Gasteiger partial charge on any atom is -0.465 e. The summed E-state index contributed by atoms with van der Waals surface area (Å²) < 4.78 is 92.0. The van der Waals surface area contributed by atoms with Gasteiger partial charge in [0.1, 0.15) is 34.9 Å². The first-order chi connectivity index (χ1) is 23.7. The number of benzene rings is 2. The number of rotatable bonds is 10. The monoisotopic (exact) mass is 710 g/mol. The molecule has 2 amide bonds. The maximum Gasteiger partial charge on any atom is 0.408 e. The number of nitrogens with zero attached hydrogens (tertiary/aromatic N) is 2. The van der Waals surface area contributed by atoms with E-state index in [0.717, 1.165) is 11.0 Å². The van der Waals surface area contributed by atoms with Crippen LogP contribution >= 0.6 is 0 Å². The molecule has 2 aliphatic rings. The molecule has 0 saturated carbocycles. The van der Waals surface area contributed by atoms with Crippen molar-refractivity contribution >= 4 is 23.9 Å². The van der Waals surface area contributed by atoms with E-state index in [1.807, 2.05) is 0 Å². The van der Waals surface area contributed by atoms with Gasteiger partial charge in [-0.05, 0) is 39.5 Å². The summed E-state index contributed by atoms with van der Waals surface area (Å²) in [7, 11) is 0. The van der Waals surface area contributed by atoms with E-state index in [-0.39, 0.29) is 50.4 Å². The van der Waals surface area contributed by atoms with E-state index in [0.29, 0.717) is 30.7 Å². The molecule has 2 saturated heterocycles. The fourth-order valence-corrected chi connectivity index (χ4v) is 5.99. The largest absolute Gasteiger partial charge is 0.465 e. The number of esters is 2. The summed E-state index contributed by atoms with van der Waals surface area (Å²) in [5, 5.41) is 9.38. The Bertz CT molecular complexity index is 1600.